The Balaban J connectivity index is 0.00000289. The Bertz CT molecular complexity index is 347. The molecule has 18 heavy (non-hydrogen) atoms. The molecule has 4 heteroatoms. The van der Waals surface area contributed by atoms with Crippen molar-refractivity contribution in [2.75, 3.05) is 19.7 Å². The molecule has 1 rings (SSSR count). The summed E-state index contributed by atoms with van der Waals surface area (Å²) in [5.41, 5.74) is 1.84. The molecule has 0 saturated heterocycles. The van der Waals surface area contributed by atoms with E-state index in [1.165, 1.54) is 5.56 Å². The zero-order valence-corrected chi connectivity index (χ0v) is 12.1. The number of benzene rings is 1. The second-order valence-electron chi connectivity index (χ2n) is 3.88. The molecular formula is C14H22ClNO2. The van der Waals surface area contributed by atoms with Crippen molar-refractivity contribution in [2.45, 2.75) is 27.3 Å². The van der Waals surface area contributed by atoms with E-state index in [1.807, 2.05) is 31.2 Å². The van der Waals surface area contributed by atoms with Crippen molar-refractivity contribution >= 4 is 18.4 Å². The smallest absolute Gasteiger partial charge is 0.338 e. The van der Waals surface area contributed by atoms with Gasteiger partial charge in [-0.3, -0.25) is 4.90 Å². The van der Waals surface area contributed by atoms with Gasteiger partial charge >= 0.3 is 5.97 Å². The van der Waals surface area contributed by atoms with Crippen LogP contribution in [0.4, 0.5) is 0 Å². The highest BCUT2D eigenvalue weighted by molar-refractivity contribution is 5.89. The number of rotatable bonds is 6. The molecule has 0 spiro atoms. The highest BCUT2D eigenvalue weighted by Crippen LogP contribution is 2.08. The first kappa shape index (κ1) is 16.9. The minimum Gasteiger partial charge on any atom is -0.462 e. The van der Waals surface area contributed by atoms with Crippen molar-refractivity contribution in [1.29, 1.82) is 0 Å². The molecule has 0 fully saturated rings. The predicted octanol–water partition coefficient (Wildman–Crippen LogP) is 3.13. The number of ether oxygens (including phenoxy) is 1. The lowest BCUT2D eigenvalue weighted by atomic mass is 10.1. The maximum absolute atomic E-state index is 11.5. The van der Waals surface area contributed by atoms with E-state index in [4.69, 9.17) is 4.74 Å². The predicted molar refractivity (Wildman–Crippen MR) is 76.3 cm³/mol. The average Bonchev–Trinajstić information content (AvgIpc) is 2.37. The largest absolute Gasteiger partial charge is 0.462 e. The zero-order valence-electron chi connectivity index (χ0n) is 11.3. The third-order valence-electron chi connectivity index (χ3n) is 2.77. The first-order valence-corrected chi connectivity index (χ1v) is 6.19. The minimum absolute atomic E-state index is 0. The van der Waals surface area contributed by atoms with Gasteiger partial charge in [0, 0.05) is 6.54 Å². The maximum atomic E-state index is 11.5. The number of carbonyl (C=O) groups is 1. The molecule has 0 aliphatic rings. The summed E-state index contributed by atoms with van der Waals surface area (Å²) in [5, 5.41) is 0. The van der Waals surface area contributed by atoms with Crippen LogP contribution in [0.2, 0.25) is 0 Å². The van der Waals surface area contributed by atoms with E-state index in [9.17, 15) is 4.79 Å². The average molecular weight is 272 g/mol. The zero-order chi connectivity index (χ0) is 12.7. The lowest BCUT2D eigenvalue weighted by Gasteiger charge is -2.17. The normalized spacial score (nSPS) is 10.0. The molecule has 0 unspecified atom stereocenters. The summed E-state index contributed by atoms with van der Waals surface area (Å²) < 4.78 is 4.94. The highest BCUT2D eigenvalue weighted by atomic mass is 35.5. The van der Waals surface area contributed by atoms with Gasteiger partial charge in [-0.2, -0.15) is 0 Å². The number of hydrogen-bond acceptors (Lipinski definition) is 3. The van der Waals surface area contributed by atoms with Crippen molar-refractivity contribution in [3.8, 4) is 0 Å². The quantitative estimate of drug-likeness (QED) is 0.745. The summed E-state index contributed by atoms with van der Waals surface area (Å²) in [7, 11) is 0. The first-order chi connectivity index (χ1) is 8.21. The summed E-state index contributed by atoms with van der Waals surface area (Å²) in [6.07, 6.45) is 0. The van der Waals surface area contributed by atoms with Gasteiger partial charge in [0.05, 0.1) is 12.2 Å². The molecule has 0 aromatic heterocycles. The Kier molecular flexibility index (Phi) is 8.42. The molecular weight excluding hydrogens is 250 g/mol. The van der Waals surface area contributed by atoms with Crippen LogP contribution in [0.25, 0.3) is 0 Å². The first-order valence-electron chi connectivity index (χ1n) is 6.19. The molecule has 102 valence electrons. The van der Waals surface area contributed by atoms with Gasteiger partial charge in [0.2, 0.25) is 0 Å². The molecule has 0 aliphatic heterocycles. The molecule has 1 aromatic carbocycles. The van der Waals surface area contributed by atoms with E-state index in [1.54, 1.807) is 0 Å². The van der Waals surface area contributed by atoms with Crippen LogP contribution in [0, 0.1) is 0 Å². The van der Waals surface area contributed by atoms with Crippen LogP contribution in [-0.4, -0.2) is 30.6 Å². The van der Waals surface area contributed by atoms with Crippen molar-refractivity contribution < 1.29 is 9.53 Å². The van der Waals surface area contributed by atoms with E-state index >= 15 is 0 Å². The van der Waals surface area contributed by atoms with E-state index in [-0.39, 0.29) is 18.4 Å². The fraction of sp³-hybridized carbons (Fsp3) is 0.500. The Morgan fingerprint density at radius 3 is 2.11 bits per heavy atom. The number of nitrogens with zero attached hydrogens (tertiary/aromatic N) is 1. The fourth-order valence-electron chi connectivity index (χ4n) is 1.67. The van der Waals surface area contributed by atoms with E-state index in [0.29, 0.717) is 12.2 Å². The lowest BCUT2D eigenvalue weighted by Crippen LogP contribution is -2.22. The van der Waals surface area contributed by atoms with Crippen molar-refractivity contribution in [3.05, 3.63) is 35.4 Å². The molecule has 0 bridgehead atoms. The number of esters is 1. The Hall–Kier alpha value is -1.06. The van der Waals surface area contributed by atoms with Crippen LogP contribution in [0.15, 0.2) is 24.3 Å². The van der Waals surface area contributed by atoms with Crippen LogP contribution in [-0.2, 0) is 11.3 Å². The van der Waals surface area contributed by atoms with Gasteiger partial charge in [-0.15, -0.1) is 12.4 Å². The number of carbonyl (C=O) groups excluding carboxylic acids is 1. The summed E-state index contributed by atoms with van der Waals surface area (Å²) in [6.45, 7) is 9.53. The monoisotopic (exact) mass is 271 g/mol. The molecule has 3 nitrogen and oxygen atoms in total. The molecule has 0 amide bonds. The standard InChI is InChI=1S/C14H21NO2.ClH/c1-4-15(5-2)11-12-7-9-13(10-8-12)14(16)17-6-3;/h7-10H,4-6,11H2,1-3H3;1H. The third-order valence-corrected chi connectivity index (χ3v) is 2.77. The van der Waals surface area contributed by atoms with Crippen LogP contribution in [0.5, 0.6) is 0 Å². The van der Waals surface area contributed by atoms with Crippen LogP contribution in [0.3, 0.4) is 0 Å². The van der Waals surface area contributed by atoms with E-state index < -0.39 is 0 Å². The molecule has 1 aromatic rings. The second kappa shape index (κ2) is 8.95. The van der Waals surface area contributed by atoms with Gasteiger partial charge < -0.3 is 4.74 Å². The maximum Gasteiger partial charge on any atom is 0.338 e. The van der Waals surface area contributed by atoms with Crippen molar-refractivity contribution in [3.63, 3.8) is 0 Å². The summed E-state index contributed by atoms with van der Waals surface area (Å²) >= 11 is 0. The lowest BCUT2D eigenvalue weighted by molar-refractivity contribution is 0.0526. The van der Waals surface area contributed by atoms with Crippen molar-refractivity contribution in [2.24, 2.45) is 0 Å². The third kappa shape index (κ3) is 5.07. The number of hydrogen-bond donors (Lipinski definition) is 0. The Labute approximate surface area is 116 Å². The van der Waals surface area contributed by atoms with Gasteiger partial charge in [0.25, 0.3) is 0 Å². The summed E-state index contributed by atoms with van der Waals surface area (Å²) in [6, 6.07) is 7.64. The molecule has 0 saturated carbocycles. The summed E-state index contributed by atoms with van der Waals surface area (Å²) in [5.74, 6) is -0.248. The van der Waals surface area contributed by atoms with Crippen LogP contribution in [0.1, 0.15) is 36.7 Å². The van der Waals surface area contributed by atoms with Crippen LogP contribution < -0.4 is 0 Å². The molecule has 0 N–H and O–H groups in total. The Morgan fingerprint density at radius 1 is 1.11 bits per heavy atom. The van der Waals surface area contributed by atoms with Crippen LogP contribution >= 0.6 is 12.4 Å². The van der Waals surface area contributed by atoms with Gasteiger partial charge in [0.15, 0.2) is 0 Å². The minimum atomic E-state index is -0.248. The van der Waals surface area contributed by atoms with Crippen molar-refractivity contribution in [1.82, 2.24) is 4.90 Å². The molecule has 0 aliphatic carbocycles. The van der Waals surface area contributed by atoms with Gasteiger partial charge in [-0.1, -0.05) is 26.0 Å². The van der Waals surface area contributed by atoms with Gasteiger partial charge in [-0.05, 0) is 37.7 Å². The van der Waals surface area contributed by atoms with Gasteiger partial charge in [-0.25, -0.2) is 4.79 Å². The number of halogens is 1. The topological polar surface area (TPSA) is 29.5 Å². The Morgan fingerprint density at radius 2 is 1.67 bits per heavy atom. The second-order valence-corrected chi connectivity index (χ2v) is 3.88. The SMILES string of the molecule is CCOC(=O)c1ccc(CN(CC)CC)cc1.Cl. The molecule has 0 atom stereocenters. The highest BCUT2D eigenvalue weighted by Gasteiger charge is 2.06. The van der Waals surface area contributed by atoms with E-state index in [2.05, 4.69) is 18.7 Å². The molecule has 0 heterocycles. The van der Waals surface area contributed by atoms with Gasteiger partial charge in [0.1, 0.15) is 0 Å². The molecule has 0 radical (unpaired) electrons. The summed E-state index contributed by atoms with van der Waals surface area (Å²) in [4.78, 5) is 13.8. The fourth-order valence-corrected chi connectivity index (χ4v) is 1.67. The van der Waals surface area contributed by atoms with E-state index in [0.717, 1.165) is 19.6 Å².